The average molecular weight is 1230 g/mol. The fraction of sp³-hybridized carbons (Fsp3) is 0.714. The SMILES string of the molecule is C[C@@H]1OC(=O)CC(O)CC(O)CCC(O)C(O)CC(O)CC2(O)C[C@H](O)C(C(=O)O)C(CC(O[C@@H]3O[C@H](C)C(O)C(N4CCN(C(=O)CCCCCNC(=O)C(N)CCCCN)CC4)[C@@H]3O)/C=C/C=C/C=C/C=C/C=C/C=C/C=C/[C@H](C)C(O)[C@H]1C)O2. The Bertz CT molecular complexity index is 2280. The van der Waals surface area contributed by atoms with Gasteiger partial charge >= 0.3 is 11.9 Å². The summed E-state index contributed by atoms with van der Waals surface area (Å²) in [6, 6.07) is -1.52. The predicted octanol–water partition coefficient (Wildman–Crippen LogP) is 1.03. The van der Waals surface area contributed by atoms with Crippen molar-refractivity contribution in [1.29, 1.82) is 0 Å². The summed E-state index contributed by atoms with van der Waals surface area (Å²) in [5.41, 5.74) is 11.5. The first-order valence-electron chi connectivity index (χ1n) is 31.0. The predicted molar refractivity (Wildman–Crippen MR) is 323 cm³/mol. The molecule has 0 spiro atoms. The maximum Gasteiger partial charge on any atom is 0.311 e. The third-order valence-electron chi connectivity index (χ3n) is 16.7. The van der Waals surface area contributed by atoms with E-state index in [9.17, 15) is 75.3 Å². The molecule has 20 atom stereocenters. The molecule has 4 rings (SSSR count). The van der Waals surface area contributed by atoms with E-state index in [4.69, 9.17) is 30.4 Å². The van der Waals surface area contributed by atoms with Crippen LogP contribution in [-0.4, -0.2) is 233 Å². The molecular formula is C63H103N5O19. The number of aliphatic carboxylic acids is 1. The van der Waals surface area contributed by atoms with E-state index in [-0.39, 0.29) is 43.4 Å². The van der Waals surface area contributed by atoms with Crippen LogP contribution in [0.15, 0.2) is 85.1 Å². The Balaban J connectivity index is 1.50. The summed E-state index contributed by atoms with van der Waals surface area (Å²) < 4.78 is 24.1. The maximum absolute atomic E-state index is 13.3. The number of hydrogen-bond donors (Lipinski definition) is 14. The van der Waals surface area contributed by atoms with Crippen LogP contribution in [0.25, 0.3) is 0 Å². The van der Waals surface area contributed by atoms with E-state index in [1.165, 1.54) is 0 Å². The lowest BCUT2D eigenvalue weighted by molar-refractivity contribution is -0.312. The molecule has 2 amide bonds. The molecule has 0 saturated carbocycles. The number of carbonyl (C=O) groups excluding carboxylic acids is 3. The van der Waals surface area contributed by atoms with Gasteiger partial charge in [0.05, 0.1) is 85.6 Å². The number of fused-ring (bicyclic) bond motifs is 2. The van der Waals surface area contributed by atoms with Crippen LogP contribution in [0.1, 0.15) is 124 Å². The standard InChI is InChI=1S/C63H103N5O19/c1-40-22-16-13-11-9-7-5-6-8-10-12-14-17-23-47(86-62-59(79)56(58(78)43(4)85-62)68-32-30-67(31-33-68)53(75)25-18-15-21-29-66-60(80)48(65)24-19-20-28-64)37-52-55(61(81)82)51(74)39-63(83,87-52)38-46(71)35-50(73)49(72)27-26-44(69)34-45(70)36-54(76)84-42(3)41(2)57(40)77/h5-14,16-17,22-23,40-52,55-59,62,69-74,77-79,83H,15,18-21,24-39,64-65H2,1-4H3,(H,66,80)(H,81,82)/b6-5+,9-7+,10-8+,13-11+,14-12+,22-16+,23-17+/t40-,41-,42-,43+,44?,45?,46?,47?,48?,49?,50?,51-,52?,55?,56?,57?,58?,59-,62-,63?/m0/s1. The number of hydrogen-bond acceptors (Lipinski definition) is 21. The van der Waals surface area contributed by atoms with Crippen LogP contribution in [0, 0.1) is 17.8 Å². The van der Waals surface area contributed by atoms with Crippen molar-refractivity contribution in [2.24, 2.45) is 29.2 Å². The molecule has 87 heavy (non-hydrogen) atoms. The number of amides is 2. The number of nitrogens with zero attached hydrogens (tertiary/aromatic N) is 2. The molecule has 24 heteroatoms. The highest BCUT2D eigenvalue weighted by molar-refractivity contribution is 5.81. The summed E-state index contributed by atoms with van der Waals surface area (Å²) in [6.45, 7) is 9.06. The molecule has 0 aromatic rings. The zero-order valence-corrected chi connectivity index (χ0v) is 51.1. The van der Waals surface area contributed by atoms with Crippen molar-refractivity contribution in [3.05, 3.63) is 85.1 Å². The van der Waals surface area contributed by atoms with E-state index in [1.54, 1.807) is 92.5 Å². The molecular weight excluding hydrogens is 1130 g/mol. The average Bonchev–Trinajstić information content (AvgIpc) is 1.44. The van der Waals surface area contributed by atoms with E-state index < -0.39 is 153 Å². The molecule has 4 heterocycles. The van der Waals surface area contributed by atoms with E-state index in [1.807, 2.05) is 30.1 Å². The molecule has 0 radical (unpaired) electrons. The second-order valence-corrected chi connectivity index (χ2v) is 23.9. The van der Waals surface area contributed by atoms with E-state index in [0.29, 0.717) is 65.0 Å². The topological polar surface area (TPSA) is 398 Å². The minimum atomic E-state index is -2.38. The lowest BCUT2D eigenvalue weighted by Gasteiger charge is -2.49. The number of carbonyl (C=O) groups is 4. The molecule has 3 fully saturated rings. The minimum Gasteiger partial charge on any atom is -0.481 e. The van der Waals surface area contributed by atoms with Gasteiger partial charge in [-0.1, -0.05) is 112 Å². The normalized spacial score (nSPS) is 38.6. The van der Waals surface area contributed by atoms with Gasteiger partial charge in [0.15, 0.2) is 12.1 Å². The summed E-state index contributed by atoms with van der Waals surface area (Å²) in [4.78, 5) is 54.7. The molecule has 494 valence electrons. The number of carboxylic acids is 1. The van der Waals surface area contributed by atoms with Gasteiger partial charge in [-0.25, -0.2) is 0 Å². The van der Waals surface area contributed by atoms with Gasteiger partial charge < -0.3 is 96.8 Å². The molecule has 24 nitrogen and oxygen atoms in total. The monoisotopic (exact) mass is 1230 g/mol. The Morgan fingerprint density at radius 3 is 1.93 bits per heavy atom. The summed E-state index contributed by atoms with van der Waals surface area (Å²) in [6.07, 6.45) is 7.46. The highest BCUT2D eigenvalue weighted by atomic mass is 16.7. The van der Waals surface area contributed by atoms with E-state index >= 15 is 0 Å². The van der Waals surface area contributed by atoms with Crippen molar-refractivity contribution >= 4 is 23.8 Å². The van der Waals surface area contributed by atoms with Gasteiger partial charge in [0.2, 0.25) is 11.8 Å². The summed E-state index contributed by atoms with van der Waals surface area (Å²) >= 11 is 0. The maximum atomic E-state index is 13.3. The van der Waals surface area contributed by atoms with Crippen LogP contribution in [0.5, 0.6) is 0 Å². The molecule has 4 aliphatic heterocycles. The Morgan fingerprint density at radius 1 is 0.690 bits per heavy atom. The van der Waals surface area contributed by atoms with Crippen LogP contribution in [0.3, 0.4) is 0 Å². The van der Waals surface area contributed by atoms with Gasteiger partial charge in [-0.05, 0) is 65.3 Å². The first kappa shape index (κ1) is 74.9. The smallest absolute Gasteiger partial charge is 0.311 e. The van der Waals surface area contributed by atoms with Gasteiger partial charge in [-0.3, -0.25) is 24.1 Å². The highest BCUT2D eigenvalue weighted by Gasteiger charge is 2.52. The molecule has 0 aliphatic carbocycles. The lowest BCUT2D eigenvalue weighted by Crippen LogP contribution is -2.66. The fourth-order valence-electron chi connectivity index (χ4n) is 11.3. The zero-order chi connectivity index (χ0) is 64.2. The number of aliphatic hydroxyl groups is 10. The zero-order valence-electron chi connectivity index (χ0n) is 51.1. The molecule has 2 bridgehead atoms. The largest absolute Gasteiger partial charge is 0.481 e. The van der Waals surface area contributed by atoms with Crippen molar-refractivity contribution in [3.8, 4) is 0 Å². The Morgan fingerprint density at radius 2 is 1.31 bits per heavy atom. The van der Waals surface area contributed by atoms with Gasteiger partial charge in [0, 0.05) is 76.7 Å². The first-order valence-corrected chi connectivity index (χ1v) is 31.0. The fourth-order valence-corrected chi connectivity index (χ4v) is 11.3. The number of unbranched alkanes of at least 4 members (excludes halogenated alkanes) is 3. The van der Waals surface area contributed by atoms with Crippen molar-refractivity contribution in [2.45, 2.75) is 228 Å². The van der Waals surface area contributed by atoms with Gasteiger partial charge in [-0.15, -0.1) is 0 Å². The molecule has 4 aliphatic rings. The molecule has 0 aromatic carbocycles. The van der Waals surface area contributed by atoms with Crippen LogP contribution in [0.2, 0.25) is 0 Å². The van der Waals surface area contributed by atoms with Gasteiger partial charge in [0.25, 0.3) is 0 Å². The van der Waals surface area contributed by atoms with Crippen LogP contribution in [-0.2, 0) is 38.1 Å². The number of carboxylic acid groups (broad SMARTS) is 1. The van der Waals surface area contributed by atoms with Crippen LogP contribution < -0.4 is 16.8 Å². The summed E-state index contributed by atoms with van der Waals surface area (Å²) in [5, 5.41) is 125. The molecule has 13 unspecified atom stereocenters. The molecule has 0 aromatic heterocycles. The number of ether oxygens (including phenoxy) is 4. The number of piperazine rings is 1. The van der Waals surface area contributed by atoms with Gasteiger partial charge in [-0.2, -0.15) is 0 Å². The van der Waals surface area contributed by atoms with E-state index in [2.05, 4.69) is 5.32 Å². The molecule has 16 N–H and O–H groups in total. The van der Waals surface area contributed by atoms with Crippen molar-refractivity contribution in [3.63, 3.8) is 0 Å². The number of cyclic esters (lactones) is 1. The number of nitrogens with two attached hydrogens (primary N) is 2. The van der Waals surface area contributed by atoms with E-state index in [0.717, 1.165) is 19.3 Å². The van der Waals surface area contributed by atoms with Gasteiger partial charge in [0.1, 0.15) is 18.1 Å². The lowest BCUT2D eigenvalue weighted by atomic mass is 9.82. The minimum absolute atomic E-state index is 0.0417. The quantitative estimate of drug-likeness (QED) is 0.0804. The highest BCUT2D eigenvalue weighted by Crippen LogP contribution is 2.39. The number of esters is 1. The number of aliphatic hydroxyl groups excluding tert-OH is 9. The number of allylic oxidation sites excluding steroid dienone is 12. The van der Waals surface area contributed by atoms with Crippen molar-refractivity contribution < 1.29 is 94.3 Å². The third kappa shape index (κ3) is 26.0. The number of rotatable bonds is 15. The van der Waals surface area contributed by atoms with Crippen LogP contribution in [0.4, 0.5) is 0 Å². The molecule has 3 saturated heterocycles. The number of nitrogens with one attached hydrogen (secondary N) is 1. The summed E-state index contributed by atoms with van der Waals surface area (Å²) in [5.74, 6) is -7.24. The van der Waals surface area contributed by atoms with Crippen molar-refractivity contribution in [1.82, 2.24) is 15.1 Å². The van der Waals surface area contributed by atoms with Crippen LogP contribution >= 0.6 is 0 Å². The second-order valence-electron chi connectivity index (χ2n) is 23.9. The Labute approximate surface area is 512 Å². The Kier molecular flexibility index (Phi) is 33.4. The second kappa shape index (κ2) is 38.9. The third-order valence-corrected chi connectivity index (χ3v) is 16.7. The summed E-state index contributed by atoms with van der Waals surface area (Å²) in [7, 11) is 0. The Hall–Kier alpha value is -4.58. The van der Waals surface area contributed by atoms with Crippen molar-refractivity contribution in [2.75, 3.05) is 39.3 Å². The first-order chi connectivity index (χ1) is 41.3.